The highest BCUT2D eigenvalue weighted by atomic mass is 32.2. The predicted molar refractivity (Wildman–Crippen MR) is 107 cm³/mol. The average Bonchev–Trinajstić information content (AvgIpc) is 3.23. The SMILES string of the molecule is CN([C@@H]1CCCc2[nH]ncc21)S(=O)(=O)c1cc(Oc2ccc(F)cc2)cc(C(F)(F)F)c1. The Hall–Kier alpha value is -2.92. The lowest BCUT2D eigenvalue weighted by molar-refractivity contribution is -0.137. The molecule has 4 rings (SSSR count). The first kappa shape index (κ1) is 22.3. The number of aryl methyl sites for hydroxylation is 1. The van der Waals surface area contributed by atoms with Crippen molar-refractivity contribution in [2.45, 2.75) is 36.4 Å². The fraction of sp³-hybridized carbons (Fsp3) is 0.286. The summed E-state index contributed by atoms with van der Waals surface area (Å²) in [6.07, 6.45) is -1.31. The summed E-state index contributed by atoms with van der Waals surface area (Å²) in [7, 11) is -2.98. The van der Waals surface area contributed by atoms with Gasteiger partial charge in [-0.05, 0) is 55.7 Å². The van der Waals surface area contributed by atoms with E-state index in [1.54, 1.807) is 6.20 Å². The summed E-state index contributed by atoms with van der Waals surface area (Å²) >= 11 is 0. The Labute approximate surface area is 181 Å². The van der Waals surface area contributed by atoms with E-state index in [1.807, 2.05) is 0 Å². The van der Waals surface area contributed by atoms with E-state index in [0.29, 0.717) is 30.5 Å². The Balaban J connectivity index is 1.73. The summed E-state index contributed by atoms with van der Waals surface area (Å²) in [4.78, 5) is -0.553. The molecule has 1 aliphatic rings. The van der Waals surface area contributed by atoms with Crippen molar-refractivity contribution < 1.29 is 30.7 Å². The molecule has 1 aliphatic carbocycles. The second-order valence-corrected chi connectivity index (χ2v) is 9.48. The van der Waals surface area contributed by atoms with E-state index in [4.69, 9.17) is 4.74 Å². The van der Waals surface area contributed by atoms with Crippen LogP contribution >= 0.6 is 0 Å². The van der Waals surface area contributed by atoms with Gasteiger partial charge in [-0.1, -0.05) is 0 Å². The first-order valence-corrected chi connectivity index (χ1v) is 11.2. The molecule has 0 spiro atoms. The van der Waals surface area contributed by atoms with Crippen molar-refractivity contribution in [3.05, 3.63) is 71.3 Å². The lowest BCUT2D eigenvalue weighted by Crippen LogP contribution is -2.33. The molecule has 0 radical (unpaired) electrons. The quantitative estimate of drug-likeness (QED) is 0.530. The highest BCUT2D eigenvalue weighted by molar-refractivity contribution is 7.89. The van der Waals surface area contributed by atoms with Crippen LogP contribution in [0.15, 0.2) is 53.6 Å². The van der Waals surface area contributed by atoms with Crippen LogP contribution in [-0.2, 0) is 22.6 Å². The third kappa shape index (κ3) is 4.35. The first-order chi connectivity index (χ1) is 15.1. The summed E-state index contributed by atoms with van der Waals surface area (Å²) in [5.74, 6) is -0.804. The van der Waals surface area contributed by atoms with Gasteiger partial charge in [0.25, 0.3) is 0 Å². The van der Waals surface area contributed by atoms with Crippen LogP contribution in [0.2, 0.25) is 0 Å². The molecular formula is C21H19F4N3O3S. The number of aromatic amines is 1. The van der Waals surface area contributed by atoms with E-state index < -0.39 is 38.5 Å². The van der Waals surface area contributed by atoms with Gasteiger partial charge in [0.1, 0.15) is 17.3 Å². The number of H-pyrrole nitrogens is 1. The minimum Gasteiger partial charge on any atom is -0.457 e. The van der Waals surface area contributed by atoms with Gasteiger partial charge in [0.2, 0.25) is 10.0 Å². The van der Waals surface area contributed by atoms with Crippen molar-refractivity contribution in [1.29, 1.82) is 0 Å². The molecule has 11 heteroatoms. The highest BCUT2D eigenvalue weighted by Crippen LogP contribution is 2.39. The van der Waals surface area contributed by atoms with Crippen LogP contribution in [0.3, 0.4) is 0 Å². The summed E-state index contributed by atoms with van der Waals surface area (Å²) < 4.78 is 86.8. The molecule has 0 bridgehead atoms. The van der Waals surface area contributed by atoms with Crippen molar-refractivity contribution in [1.82, 2.24) is 14.5 Å². The molecule has 3 aromatic rings. The van der Waals surface area contributed by atoms with Gasteiger partial charge in [-0.15, -0.1) is 0 Å². The van der Waals surface area contributed by atoms with E-state index in [9.17, 15) is 26.0 Å². The van der Waals surface area contributed by atoms with E-state index >= 15 is 0 Å². The minimum atomic E-state index is -4.80. The zero-order valence-electron chi connectivity index (χ0n) is 16.9. The van der Waals surface area contributed by atoms with E-state index in [-0.39, 0.29) is 11.5 Å². The number of hydrogen-bond acceptors (Lipinski definition) is 4. The van der Waals surface area contributed by atoms with Crippen LogP contribution in [-0.4, -0.2) is 30.0 Å². The molecule has 0 saturated heterocycles. The maximum absolute atomic E-state index is 13.5. The second kappa shape index (κ2) is 8.21. The van der Waals surface area contributed by atoms with Crippen LogP contribution in [0.4, 0.5) is 17.6 Å². The molecular weight excluding hydrogens is 450 g/mol. The number of aromatic nitrogens is 2. The number of hydrogen-bond donors (Lipinski definition) is 1. The number of benzene rings is 2. The van der Waals surface area contributed by atoms with Crippen LogP contribution in [0, 0.1) is 5.82 Å². The molecule has 1 heterocycles. The number of nitrogens with one attached hydrogen (secondary N) is 1. The summed E-state index contributed by atoms with van der Waals surface area (Å²) in [6.45, 7) is 0. The Bertz CT molecular complexity index is 1220. The third-order valence-electron chi connectivity index (χ3n) is 5.39. The van der Waals surface area contributed by atoms with Gasteiger partial charge in [0.15, 0.2) is 0 Å². The van der Waals surface area contributed by atoms with Gasteiger partial charge < -0.3 is 4.74 Å². The molecule has 0 unspecified atom stereocenters. The first-order valence-electron chi connectivity index (χ1n) is 9.71. The smallest absolute Gasteiger partial charge is 0.416 e. The molecule has 32 heavy (non-hydrogen) atoms. The van der Waals surface area contributed by atoms with Crippen LogP contribution in [0.5, 0.6) is 11.5 Å². The molecule has 1 atom stereocenters. The molecule has 0 amide bonds. The number of fused-ring (bicyclic) bond motifs is 1. The van der Waals surface area contributed by atoms with Crippen molar-refractivity contribution in [3.8, 4) is 11.5 Å². The Kier molecular flexibility index (Phi) is 5.72. The average molecular weight is 469 g/mol. The molecule has 2 aromatic carbocycles. The van der Waals surface area contributed by atoms with Gasteiger partial charge in [-0.2, -0.15) is 22.6 Å². The molecule has 1 N–H and O–H groups in total. The maximum Gasteiger partial charge on any atom is 0.416 e. The largest absolute Gasteiger partial charge is 0.457 e. The number of ether oxygens (including phenoxy) is 1. The highest BCUT2D eigenvalue weighted by Gasteiger charge is 2.37. The maximum atomic E-state index is 13.5. The van der Waals surface area contributed by atoms with E-state index in [2.05, 4.69) is 10.2 Å². The van der Waals surface area contributed by atoms with Crippen LogP contribution in [0.1, 0.15) is 35.7 Å². The molecule has 0 fully saturated rings. The number of nitrogens with zero attached hydrogens (tertiary/aromatic N) is 2. The molecule has 6 nitrogen and oxygen atoms in total. The minimum absolute atomic E-state index is 0.0674. The summed E-state index contributed by atoms with van der Waals surface area (Å²) in [5.41, 5.74) is 0.349. The van der Waals surface area contributed by atoms with E-state index in [1.165, 1.54) is 19.2 Å². The standard InChI is InChI=1S/C21H19F4N3O3S/c1-28(20-4-2-3-19-18(20)12-26-27-19)32(29,30)17-10-13(21(23,24)25)9-16(11-17)31-15-7-5-14(22)6-8-15/h5-12,20H,2-4H2,1H3,(H,26,27)/t20-/m1/s1. The molecule has 170 valence electrons. The van der Waals surface area contributed by atoms with Gasteiger partial charge in [0.05, 0.1) is 22.7 Å². The molecule has 1 aromatic heterocycles. The second-order valence-electron chi connectivity index (χ2n) is 7.48. The Morgan fingerprint density at radius 3 is 2.53 bits per heavy atom. The van der Waals surface area contributed by atoms with Crippen LogP contribution in [0.25, 0.3) is 0 Å². The zero-order chi connectivity index (χ0) is 23.1. The third-order valence-corrected chi connectivity index (χ3v) is 7.23. The number of sulfonamides is 1. The zero-order valence-corrected chi connectivity index (χ0v) is 17.7. The van der Waals surface area contributed by atoms with Crippen molar-refractivity contribution in [2.24, 2.45) is 0 Å². The number of alkyl halides is 3. The summed E-state index contributed by atoms with van der Waals surface area (Å²) in [5, 5.41) is 6.80. The van der Waals surface area contributed by atoms with Gasteiger partial charge in [-0.25, -0.2) is 12.8 Å². The molecule has 0 saturated carbocycles. The fourth-order valence-electron chi connectivity index (χ4n) is 3.73. The van der Waals surface area contributed by atoms with Crippen LogP contribution < -0.4 is 4.74 Å². The van der Waals surface area contributed by atoms with Gasteiger partial charge in [0, 0.05) is 24.4 Å². The Morgan fingerprint density at radius 2 is 1.84 bits per heavy atom. The lowest BCUT2D eigenvalue weighted by Gasteiger charge is -2.30. The van der Waals surface area contributed by atoms with E-state index in [0.717, 1.165) is 34.6 Å². The van der Waals surface area contributed by atoms with Crippen molar-refractivity contribution in [2.75, 3.05) is 7.05 Å². The molecule has 0 aliphatic heterocycles. The van der Waals surface area contributed by atoms with Crippen molar-refractivity contribution >= 4 is 10.0 Å². The fourth-order valence-corrected chi connectivity index (χ4v) is 5.16. The topological polar surface area (TPSA) is 75.3 Å². The normalized spacial score (nSPS) is 16.8. The monoisotopic (exact) mass is 469 g/mol. The van der Waals surface area contributed by atoms with Gasteiger partial charge >= 0.3 is 6.18 Å². The summed E-state index contributed by atoms with van der Waals surface area (Å²) in [6, 6.07) is 6.40. The predicted octanol–water partition coefficient (Wildman–Crippen LogP) is 5.06. The number of rotatable bonds is 5. The Morgan fingerprint density at radius 1 is 1.12 bits per heavy atom. The van der Waals surface area contributed by atoms with Gasteiger partial charge in [-0.3, -0.25) is 5.10 Å². The lowest BCUT2D eigenvalue weighted by atomic mass is 9.93. The van der Waals surface area contributed by atoms with Crippen molar-refractivity contribution in [3.63, 3.8) is 0 Å². The number of halogens is 4.